The van der Waals surface area contributed by atoms with E-state index in [9.17, 15) is 9.59 Å². The number of carbonyl (C=O) groups is 1. The first kappa shape index (κ1) is 10.5. The molecule has 16 heavy (non-hydrogen) atoms. The standard InChI is InChI=1S/C11H11NO4/c1-7(13)6-12-9-4-3-8(15-2)5-10(9)16-11(12)14/h3-5H,6H2,1-2H3. The SMILES string of the molecule is COc1ccc2c(c1)oc(=O)n2CC(C)=O. The predicted octanol–water partition coefficient (Wildman–Crippen LogP) is 1.19. The molecule has 0 spiro atoms. The van der Waals surface area contributed by atoms with Crippen molar-refractivity contribution in [3.05, 3.63) is 28.7 Å². The second-order valence-corrected chi connectivity index (χ2v) is 3.49. The summed E-state index contributed by atoms with van der Waals surface area (Å²) in [6, 6.07) is 5.03. The predicted molar refractivity (Wildman–Crippen MR) is 57.7 cm³/mol. The molecule has 2 aromatic rings. The van der Waals surface area contributed by atoms with Crippen molar-refractivity contribution in [2.45, 2.75) is 13.5 Å². The lowest BCUT2D eigenvalue weighted by Gasteiger charge is -1.99. The Morgan fingerprint density at radius 3 is 2.88 bits per heavy atom. The maximum absolute atomic E-state index is 11.5. The number of aromatic nitrogens is 1. The molecule has 0 N–H and O–H groups in total. The van der Waals surface area contributed by atoms with Gasteiger partial charge in [-0.1, -0.05) is 0 Å². The zero-order chi connectivity index (χ0) is 11.7. The molecular formula is C11H11NO4. The van der Waals surface area contributed by atoms with Crippen LogP contribution >= 0.6 is 0 Å². The summed E-state index contributed by atoms with van der Waals surface area (Å²) in [5.74, 6) is -0.0182. The van der Waals surface area contributed by atoms with Crippen molar-refractivity contribution < 1.29 is 13.9 Å². The van der Waals surface area contributed by atoms with Crippen LogP contribution in [0.5, 0.6) is 5.75 Å². The van der Waals surface area contributed by atoms with E-state index in [0.717, 1.165) is 0 Å². The molecule has 0 aliphatic rings. The van der Waals surface area contributed by atoms with Gasteiger partial charge in [0.2, 0.25) is 0 Å². The zero-order valence-electron chi connectivity index (χ0n) is 9.02. The van der Waals surface area contributed by atoms with E-state index in [-0.39, 0.29) is 12.3 Å². The van der Waals surface area contributed by atoms with Crippen LogP contribution in [0.1, 0.15) is 6.92 Å². The minimum atomic E-state index is -0.529. The van der Waals surface area contributed by atoms with E-state index in [4.69, 9.17) is 9.15 Å². The highest BCUT2D eigenvalue weighted by molar-refractivity contribution is 5.79. The van der Waals surface area contributed by atoms with Gasteiger partial charge in [-0.05, 0) is 19.1 Å². The Kier molecular flexibility index (Phi) is 2.52. The van der Waals surface area contributed by atoms with Crippen molar-refractivity contribution in [1.29, 1.82) is 0 Å². The van der Waals surface area contributed by atoms with Crippen LogP contribution in [0.25, 0.3) is 11.1 Å². The number of carbonyl (C=O) groups excluding carboxylic acids is 1. The first-order valence-electron chi connectivity index (χ1n) is 4.78. The number of ether oxygens (including phenoxy) is 1. The summed E-state index contributed by atoms with van der Waals surface area (Å²) >= 11 is 0. The maximum Gasteiger partial charge on any atom is 0.420 e. The van der Waals surface area contributed by atoms with Gasteiger partial charge in [0.05, 0.1) is 19.2 Å². The summed E-state index contributed by atoms with van der Waals surface area (Å²) in [6.45, 7) is 1.45. The quantitative estimate of drug-likeness (QED) is 0.781. The van der Waals surface area contributed by atoms with Crippen molar-refractivity contribution >= 4 is 16.9 Å². The average molecular weight is 221 g/mol. The molecule has 0 radical (unpaired) electrons. The van der Waals surface area contributed by atoms with Gasteiger partial charge in [-0.3, -0.25) is 9.36 Å². The molecule has 0 atom stereocenters. The van der Waals surface area contributed by atoms with Gasteiger partial charge in [0.15, 0.2) is 5.58 Å². The van der Waals surface area contributed by atoms with Gasteiger partial charge in [0, 0.05) is 6.07 Å². The average Bonchev–Trinajstić information content (AvgIpc) is 2.54. The number of hydrogen-bond donors (Lipinski definition) is 0. The summed E-state index contributed by atoms with van der Waals surface area (Å²) in [6.07, 6.45) is 0. The molecule has 0 fully saturated rings. The smallest absolute Gasteiger partial charge is 0.420 e. The lowest BCUT2D eigenvalue weighted by molar-refractivity contribution is -0.117. The van der Waals surface area contributed by atoms with Gasteiger partial charge in [-0.25, -0.2) is 4.79 Å². The van der Waals surface area contributed by atoms with Crippen molar-refractivity contribution in [3.8, 4) is 5.75 Å². The van der Waals surface area contributed by atoms with E-state index >= 15 is 0 Å². The van der Waals surface area contributed by atoms with Crippen molar-refractivity contribution in [2.75, 3.05) is 7.11 Å². The number of oxazole rings is 1. The fourth-order valence-corrected chi connectivity index (χ4v) is 1.55. The van der Waals surface area contributed by atoms with Crippen LogP contribution in [0.15, 0.2) is 27.4 Å². The van der Waals surface area contributed by atoms with Gasteiger partial charge in [0.1, 0.15) is 11.5 Å². The largest absolute Gasteiger partial charge is 0.497 e. The molecule has 0 aliphatic carbocycles. The van der Waals surface area contributed by atoms with Crippen molar-refractivity contribution in [2.24, 2.45) is 0 Å². The molecule has 0 aliphatic heterocycles. The Morgan fingerprint density at radius 1 is 1.50 bits per heavy atom. The molecule has 1 heterocycles. The maximum atomic E-state index is 11.5. The number of fused-ring (bicyclic) bond motifs is 1. The van der Waals surface area contributed by atoms with Gasteiger partial charge in [-0.2, -0.15) is 0 Å². The van der Waals surface area contributed by atoms with Crippen LogP contribution in [0.4, 0.5) is 0 Å². The molecule has 0 unspecified atom stereocenters. The van der Waals surface area contributed by atoms with Crippen LogP contribution in [-0.4, -0.2) is 17.5 Å². The summed E-state index contributed by atoms with van der Waals surface area (Å²) < 4.78 is 11.3. The number of methoxy groups -OCH3 is 1. The van der Waals surface area contributed by atoms with Gasteiger partial charge in [-0.15, -0.1) is 0 Å². The molecule has 1 aromatic carbocycles. The van der Waals surface area contributed by atoms with Crippen molar-refractivity contribution in [3.63, 3.8) is 0 Å². The molecule has 2 rings (SSSR count). The number of rotatable bonds is 3. The first-order chi connectivity index (χ1) is 7.61. The molecule has 5 heteroatoms. The third-order valence-electron chi connectivity index (χ3n) is 2.26. The van der Waals surface area contributed by atoms with E-state index in [1.807, 2.05) is 0 Å². The molecule has 0 bridgehead atoms. The number of benzene rings is 1. The third kappa shape index (κ3) is 1.71. The van der Waals surface area contributed by atoms with Crippen LogP contribution in [-0.2, 0) is 11.3 Å². The van der Waals surface area contributed by atoms with E-state index in [1.165, 1.54) is 18.6 Å². The van der Waals surface area contributed by atoms with Crippen LogP contribution in [0.2, 0.25) is 0 Å². The molecule has 84 valence electrons. The second-order valence-electron chi connectivity index (χ2n) is 3.49. The summed E-state index contributed by atoms with van der Waals surface area (Å²) in [5.41, 5.74) is 1.02. The minimum Gasteiger partial charge on any atom is -0.497 e. The minimum absolute atomic E-state index is 0.0260. The number of hydrogen-bond acceptors (Lipinski definition) is 4. The van der Waals surface area contributed by atoms with E-state index in [0.29, 0.717) is 16.8 Å². The van der Waals surface area contributed by atoms with E-state index in [2.05, 4.69) is 0 Å². The van der Waals surface area contributed by atoms with Crippen molar-refractivity contribution in [1.82, 2.24) is 4.57 Å². The zero-order valence-corrected chi connectivity index (χ0v) is 9.02. The summed E-state index contributed by atoms with van der Waals surface area (Å²) in [7, 11) is 1.53. The lowest BCUT2D eigenvalue weighted by atomic mass is 10.3. The fraction of sp³-hybridized carbons (Fsp3) is 0.273. The Bertz CT molecular complexity index is 594. The second kappa shape index (κ2) is 3.84. The molecule has 0 saturated carbocycles. The van der Waals surface area contributed by atoms with Gasteiger partial charge in [0.25, 0.3) is 0 Å². The van der Waals surface area contributed by atoms with Crippen LogP contribution in [0.3, 0.4) is 0 Å². The topological polar surface area (TPSA) is 61.4 Å². The fourth-order valence-electron chi connectivity index (χ4n) is 1.55. The van der Waals surface area contributed by atoms with Crippen LogP contribution in [0, 0.1) is 0 Å². The van der Waals surface area contributed by atoms with E-state index < -0.39 is 5.76 Å². The highest BCUT2D eigenvalue weighted by atomic mass is 16.5. The molecular weight excluding hydrogens is 210 g/mol. The summed E-state index contributed by atoms with van der Waals surface area (Å²) in [5, 5.41) is 0. The molecule has 0 saturated heterocycles. The van der Waals surface area contributed by atoms with Crippen LogP contribution < -0.4 is 10.5 Å². The first-order valence-corrected chi connectivity index (χ1v) is 4.78. The highest BCUT2D eigenvalue weighted by Crippen LogP contribution is 2.19. The molecule has 5 nitrogen and oxygen atoms in total. The third-order valence-corrected chi connectivity index (χ3v) is 2.26. The monoisotopic (exact) mass is 221 g/mol. The highest BCUT2D eigenvalue weighted by Gasteiger charge is 2.11. The van der Waals surface area contributed by atoms with Gasteiger partial charge >= 0.3 is 5.76 Å². The van der Waals surface area contributed by atoms with E-state index in [1.54, 1.807) is 18.2 Å². The Morgan fingerprint density at radius 2 is 2.25 bits per heavy atom. The lowest BCUT2D eigenvalue weighted by Crippen LogP contribution is -2.18. The molecule has 1 aromatic heterocycles. The number of Topliss-reactive ketones (excluding diaryl/α,β-unsaturated/α-hetero) is 1. The number of ketones is 1. The number of nitrogens with zero attached hydrogens (tertiary/aromatic N) is 1. The normalized spacial score (nSPS) is 10.6. The molecule has 0 amide bonds. The van der Waals surface area contributed by atoms with Gasteiger partial charge < -0.3 is 9.15 Å². The summed E-state index contributed by atoms with van der Waals surface area (Å²) in [4.78, 5) is 22.5. The Hall–Kier alpha value is -2.04. The Balaban J connectivity index is 2.62. The Labute approximate surface area is 91.2 Å².